The molecule has 2 atom stereocenters. The van der Waals surface area contributed by atoms with Gasteiger partial charge in [-0.2, -0.15) is 0 Å². The minimum absolute atomic E-state index is 0.0120. The Hall–Kier alpha value is 0.650. The van der Waals surface area contributed by atoms with Crippen LogP contribution in [-0.4, -0.2) is 20.8 Å². The average Bonchev–Trinajstić information content (AvgIpc) is 1.93. The summed E-state index contributed by atoms with van der Waals surface area (Å²) >= 11 is 2.37. The number of nitrogens with one attached hydrogen (secondary N) is 1. The molecule has 0 rings (SSSR count). The molecule has 0 saturated heterocycles. The van der Waals surface area contributed by atoms with Gasteiger partial charge in [-0.3, -0.25) is 5.32 Å². The summed E-state index contributed by atoms with van der Waals surface area (Å²) in [5.41, 5.74) is -0.0675. The summed E-state index contributed by atoms with van der Waals surface area (Å²) in [6.07, 6.45) is -0.360. The normalized spacial score (nSPS) is 18.4. The Morgan fingerprint density at radius 3 is 1.44 bits per heavy atom. The van der Waals surface area contributed by atoms with Crippen molar-refractivity contribution in [3.8, 4) is 0 Å². The maximum absolute atomic E-state index is 10.5. The van der Waals surface area contributed by atoms with Crippen LogP contribution in [0.1, 0.15) is 55.4 Å². The van der Waals surface area contributed by atoms with Crippen LogP contribution in [0, 0.1) is 10.8 Å². The Morgan fingerprint density at radius 1 is 0.875 bits per heavy atom. The van der Waals surface area contributed by atoms with E-state index in [1.165, 1.54) is 0 Å². The quantitative estimate of drug-likeness (QED) is 0.467. The molecule has 0 radical (unpaired) electrons. The van der Waals surface area contributed by atoms with Gasteiger partial charge in [0.15, 0.2) is 0 Å². The van der Waals surface area contributed by atoms with Gasteiger partial charge in [0.1, 0.15) is 0 Å². The zero-order chi connectivity index (χ0) is 13.4. The number of aliphatic hydroxyl groups is 1. The van der Waals surface area contributed by atoms with Crippen LogP contribution in [0.25, 0.3) is 0 Å². The number of halogens is 1. The van der Waals surface area contributed by atoms with Gasteiger partial charge in [0.25, 0.3) is 0 Å². The van der Waals surface area contributed by atoms with Crippen LogP contribution in [0.4, 0.5) is 0 Å². The Kier molecular flexibility index (Phi) is 5.31. The number of hydrogen-bond donors (Lipinski definition) is 2. The summed E-state index contributed by atoms with van der Waals surface area (Å²) in [5, 5.41) is 14.0. The van der Waals surface area contributed by atoms with Crippen LogP contribution in [0.5, 0.6) is 0 Å². The largest absolute Gasteiger partial charge is 0.391 e. The van der Waals surface area contributed by atoms with E-state index >= 15 is 0 Å². The van der Waals surface area contributed by atoms with Crippen LogP contribution < -0.4 is 5.32 Å². The summed E-state index contributed by atoms with van der Waals surface area (Å²) in [6.45, 7) is 17.0. The van der Waals surface area contributed by atoms with Gasteiger partial charge in [-0.1, -0.05) is 64.1 Å². The average molecular weight is 341 g/mol. The molecular formula is C13H28INO. The third-order valence-electron chi connectivity index (χ3n) is 2.63. The zero-order valence-corrected chi connectivity index (χ0v) is 14.1. The first-order chi connectivity index (χ1) is 6.75. The molecule has 0 amide bonds. The van der Waals surface area contributed by atoms with Crippen molar-refractivity contribution in [3.63, 3.8) is 0 Å². The van der Waals surface area contributed by atoms with E-state index in [2.05, 4.69) is 83.3 Å². The van der Waals surface area contributed by atoms with Crippen LogP contribution in [0.15, 0.2) is 0 Å². The zero-order valence-electron chi connectivity index (χ0n) is 12.0. The minimum atomic E-state index is -0.360. The van der Waals surface area contributed by atoms with Crippen molar-refractivity contribution in [1.82, 2.24) is 5.32 Å². The first-order valence-corrected chi connectivity index (χ1v) is 6.98. The maximum atomic E-state index is 10.5. The van der Waals surface area contributed by atoms with Crippen LogP contribution >= 0.6 is 22.6 Å². The van der Waals surface area contributed by atoms with Gasteiger partial charge in [-0.05, 0) is 24.7 Å². The van der Waals surface area contributed by atoms with Crippen LogP contribution in [0.3, 0.4) is 0 Å². The molecule has 3 heteroatoms. The molecule has 0 aromatic carbocycles. The smallest absolute Gasteiger partial charge is 0.0746 e. The molecule has 98 valence electrons. The lowest BCUT2D eigenvalue weighted by atomic mass is 9.74. The fourth-order valence-corrected chi connectivity index (χ4v) is 1.97. The second kappa shape index (κ2) is 5.11. The molecule has 16 heavy (non-hydrogen) atoms. The number of rotatable bonds is 3. The van der Waals surface area contributed by atoms with Gasteiger partial charge < -0.3 is 5.11 Å². The monoisotopic (exact) mass is 341 g/mol. The predicted molar refractivity (Wildman–Crippen MR) is 79.9 cm³/mol. The van der Waals surface area contributed by atoms with E-state index in [-0.39, 0.29) is 26.5 Å². The van der Waals surface area contributed by atoms with Gasteiger partial charge in [-0.25, -0.2) is 0 Å². The second-order valence-corrected chi connectivity index (χ2v) is 9.97. The topological polar surface area (TPSA) is 32.3 Å². The summed E-state index contributed by atoms with van der Waals surface area (Å²) in [5.74, 6) is 0. The van der Waals surface area contributed by atoms with E-state index in [0.29, 0.717) is 0 Å². The maximum Gasteiger partial charge on any atom is 0.0746 e. The van der Waals surface area contributed by atoms with Crippen molar-refractivity contribution >= 4 is 22.6 Å². The highest BCUT2D eigenvalue weighted by Crippen LogP contribution is 2.33. The summed E-state index contributed by atoms with van der Waals surface area (Å²) in [6, 6.07) is 0.0828. The van der Waals surface area contributed by atoms with Crippen molar-refractivity contribution in [1.29, 1.82) is 0 Å². The van der Waals surface area contributed by atoms with Crippen molar-refractivity contribution in [2.45, 2.75) is 71.1 Å². The van der Waals surface area contributed by atoms with Gasteiger partial charge >= 0.3 is 0 Å². The Balaban J connectivity index is 4.98. The van der Waals surface area contributed by atoms with E-state index in [9.17, 15) is 5.11 Å². The third-order valence-corrected chi connectivity index (χ3v) is 2.95. The van der Waals surface area contributed by atoms with Crippen LogP contribution in [-0.2, 0) is 0 Å². The van der Waals surface area contributed by atoms with Gasteiger partial charge in [0.2, 0.25) is 0 Å². The lowest BCUT2D eigenvalue weighted by molar-refractivity contribution is -0.0107. The SMILES string of the molecule is CC(C)(I)NC(C(O)C(C)(C)C)C(C)(C)C. The number of hydrogen-bond acceptors (Lipinski definition) is 2. The summed E-state index contributed by atoms with van der Waals surface area (Å²) in [7, 11) is 0. The highest BCUT2D eigenvalue weighted by Gasteiger charge is 2.39. The Labute approximate surface area is 115 Å². The summed E-state index contributed by atoms with van der Waals surface area (Å²) in [4.78, 5) is 0. The van der Waals surface area contributed by atoms with Gasteiger partial charge in [-0.15, -0.1) is 0 Å². The first-order valence-electron chi connectivity index (χ1n) is 5.90. The fourth-order valence-electron chi connectivity index (χ4n) is 1.64. The fraction of sp³-hybridized carbons (Fsp3) is 1.00. The van der Waals surface area contributed by atoms with Gasteiger partial charge in [0.05, 0.1) is 9.65 Å². The van der Waals surface area contributed by atoms with Crippen molar-refractivity contribution in [3.05, 3.63) is 0 Å². The molecule has 0 bridgehead atoms. The van der Waals surface area contributed by atoms with Crippen molar-refractivity contribution < 1.29 is 5.11 Å². The highest BCUT2D eigenvalue weighted by molar-refractivity contribution is 14.1. The molecule has 2 unspecified atom stereocenters. The molecular weight excluding hydrogens is 313 g/mol. The molecule has 0 aromatic rings. The standard InChI is InChI=1S/C13H28INO/c1-11(2,3)9(15-13(7,8)14)10(16)12(4,5)6/h9-10,15-16H,1-8H3. The molecule has 2 N–H and O–H groups in total. The first kappa shape index (κ1) is 16.6. The Bertz CT molecular complexity index is 220. The molecule has 0 aliphatic rings. The second-order valence-electron chi connectivity index (χ2n) is 7.27. The molecule has 0 saturated carbocycles. The van der Waals surface area contributed by atoms with Crippen LogP contribution in [0.2, 0.25) is 0 Å². The van der Waals surface area contributed by atoms with E-state index in [1.54, 1.807) is 0 Å². The van der Waals surface area contributed by atoms with E-state index < -0.39 is 0 Å². The molecule has 0 heterocycles. The molecule has 0 spiro atoms. The minimum Gasteiger partial charge on any atom is -0.391 e. The van der Waals surface area contributed by atoms with E-state index in [4.69, 9.17) is 0 Å². The summed E-state index contributed by atoms with van der Waals surface area (Å²) < 4.78 is -0.0120. The molecule has 0 fully saturated rings. The third kappa shape index (κ3) is 5.82. The number of alkyl halides is 1. The van der Waals surface area contributed by atoms with Crippen molar-refractivity contribution in [2.75, 3.05) is 0 Å². The predicted octanol–water partition coefficient (Wildman–Crippen LogP) is 3.57. The molecule has 0 aromatic heterocycles. The molecule has 2 nitrogen and oxygen atoms in total. The molecule has 0 aliphatic heterocycles. The lowest BCUT2D eigenvalue weighted by Crippen LogP contribution is -2.57. The lowest BCUT2D eigenvalue weighted by Gasteiger charge is -2.43. The number of aliphatic hydroxyl groups excluding tert-OH is 1. The highest BCUT2D eigenvalue weighted by atomic mass is 127. The Morgan fingerprint density at radius 2 is 1.25 bits per heavy atom. The van der Waals surface area contributed by atoms with E-state index in [1.807, 2.05) is 0 Å². The molecule has 0 aliphatic carbocycles. The van der Waals surface area contributed by atoms with Gasteiger partial charge in [0, 0.05) is 6.04 Å². The van der Waals surface area contributed by atoms with E-state index in [0.717, 1.165) is 0 Å². The van der Waals surface area contributed by atoms with Crippen molar-refractivity contribution in [2.24, 2.45) is 10.8 Å².